The predicted molar refractivity (Wildman–Crippen MR) is 76.0 cm³/mol. The first kappa shape index (κ1) is 14.0. The molecule has 1 aromatic carbocycles. The zero-order valence-corrected chi connectivity index (χ0v) is 12.2. The third kappa shape index (κ3) is 3.11. The van der Waals surface area contributed by atoms with Gasteiger partial charge in [0.1, 0.15) is 11.0 Å². The van der Waals surface area contributed by atoms with Gasteiger partial charge in [0.15, 0.2) is 0 Å². The molecule has 98 valence electrons. The first-order valence-electron chi connectivity index (χ1n) is 5.36. The minimum Gasteiger partial charge on any atom is -0.320 e. The zero-order chi connectivity index (χ0) is 14.0. The summed E-state index contributed by atoms with van der Waals surface area (Å²) in [5.41, 5.74) is 1.16. The number of carbonyl (C=O) groups excluding carboxylic acids is 1. The molecule has 2 aromatic rings. The van der Waals surface area contributed by atoms with Gasteiger partial charge in [0.2, 0.25) is 0 Å². The third-order valence-corrected chi connectivity index (χ3v) is 3.48. The topological polar surface area (TPSA) is 42.0 Å². The highest BCUT2D eigenvalue weighted by molar-refractivity contribution is 9.10. The highest BCUT2D eigenvalue weighted by Crippen LogP contribution is 2.21. The fourth-order valence-corrected chi connectivity index (χ4v) is 1.97. The molecule has 6 heteroatoms. The number of carbonyl (C=O) groups is 1. The summed E-state index contributed by atoms with van der Waals surface area (Å²) in [4.78, 5) is 15.9. The van der Waals surface area contributed by atoms with Gasteiger partial charge in [0, 0.05) is 0 Å². The number of nitrogens with zero attached hydrogens (tertiary/aromatic N) is 1. The van der Waals surface area contributed by atoms with Gasteiger partial charge in [-0.15, -0.1) is 0 Å². The van der Waals surface area contributed by atoms with E-state index in [1.807, 2.05) is 0 Å². The van der Waals surface area contributed by atoms with Gasteiger partial charge in [-0.1, -0.05) is 17.7 Å². The first-order chi connectivity index (χ1) is 8.99. The van der Waals surface area contributed by atoms with Gasteiger partial charge in [-0.25, -0.2) is 9.37 Å². The summed E-state index contributed by atoms with van der Waals surface area (Å²) in [5, 5.41) is 2.94. The maximum Gasteiger partial charge on any atom is 0.258 e. The molecule has 0 spiro atoms. The van der Waals surface area contributed by atoms with Crippen molar-refractivity contribution >= 4 is 39.1 Å². The number of anilines is 1. The van der Waals surface area contributed by atoms with Crippen molar-refractivity contribution in [2.45, 2.75) is 6.92 Å². The van der Waals surface area contributed by atoms with Crippen LogP contribution in [0.25, 0.3) is 0 Å². The van der Waals surface area contributed by atoms with E-state index in [0.29, 0.717) is 10.8 Å². The maximum absolute atomic E-state index is 13.8. The van der Waals surface area contributed by atoms with Gasteiger partial charge in [-0.2, -0.15) is 0 Å². The molecular formula is C13H9BrClFN2O. The lowest BCUT2D eigenvalue weighted by molar-refractivity contribution is 0.102. The van der Waals surface area contributed by atoms with Crippen LogP contribution >= 0.6 is 27.5 Å². The molecule has 1 aromatic heterocycles. The Kier molecular flexibility index (Phi) is 4.17. The van der Waals surface area contributed by atoms with Crippen LogP contribution in [0.2, 0.25) is 5.15 Å². The molecule has 0 bridgehead atoms. The number of pyridine rings is 1. The molecule has 0 saturated heterocycles. The molecular weight excluding hydrogens is 335 g/mol. The van der Waals surface area contributed by atoms with Crippen LogP contribution in [0.1, 0.15) is 15.9 Å². The third-order valence-electron chi connectivity index (χ3n) is 2.47. The number of benzene rings is 1. The van der Waals surface area contributed by atoms with Crippen molar-refractivity contribution in [1.82, 2.24) is 4.98 Å². The van der Waals surface area contributed by atoms with Crippen molar-refractivity contribution < 1.29 is 9.18 Å². The van der Waals surface area contributed by atoms with Crippen molar-refractivity contribution in [3.63, 3.8) is 0 Å². The Hall–Kier alpha value is -1.46. The second-order valence-electron chi connectivity index (χ2n) is 3.89. The van der Waals surface area contributed by atoms with E-state index >= 15 is 0 Å². The Bertz CT molecular complexity index is 649. The van der Waals surface area contributed by atoms with Crippen LogP contribution in [-0.2, 0) is 0 Å². The van der Waals surface area contributed by atoms with Crippen LogP contribution in [0.4, 0.5) is 10.1 Å². The van der Waals surface area contributed by atoms with E-state index in [1.54, 1.807) is 19.1 Å². The molecule has 0 saturated carbocycles. The van der Waals surface area contributed by atoms with Crippen LogP contribution < -0.4 is 5.32 Å². The maximum atomic E-state index is 13.8. The van der Waals surface area contributed by atoms with Gasteiger partial charge in [0.25, 0.3) is 5.91 Å². The number of hydrogen-bond donors (Lipinski definition) is 1. The number of halogens is 3. The molecule has 0 radical (unpaired) electrons. The summed E-state index contributed by atoms with van der Waals surface area (Å²) >= 11 is 8.83. The molecule has 1 amide bonds. The molecule has 0 atom stereocenters. The Morgan fingerprint density at radius 3 is 2.89 bits per heavy atom. The Labute approximate surface area is 122 Å². The number of hydrogen-bond acceptors (Lipinski definition) is 2. The number of amides is 1. The van der Waals surface area contributed by atoms with E-state index in [9.17, 15) is 9.18 Å². The first-order valence-corrected chi connectivity index (χ1v) is 6.53. The lowest BCUT2D eigenvalue weighted by Gasteiger charge is -2.07. The molecule has 0 aliphatic heterocycles. The standard InChI is InChI=1S/C13H9BrClFN2O/c1-7-5-8(6-17-12(7)15)18-13(19)9-3-2-4-10(14)11(9)16/h2-6H,1H3,(H,18,19). The Balaban J connectivity index is 2.26. The summed E-state index contributed by atoms with van der Waals surface area (Å²) in [5.74, 6) is -1.14. The number of nitrogens with one attached hydrogen (secondary N) is 1. The van der Waals surface area contributed by atoms with Crippen molar-refractivity contribution in [1.29, 1.82) is 0 Å². The predicted octanol–water partition coefficient (Wildman–Crippen LogP) is 4.20. The number of aromatic nitrogens is 1. The van der Waals surface area contributed by atoms with E-state index in [1.165, 1.54) is 18.3 Å². The van der Waals surface area contributed by atoms with E-state index in [4.69, 9.17) is 11.6 Å². The fourth-order valence-electron chi connectivity index (χ4n) is 1.50. The van der Waals surface area contributed by atoms with Crippen molar-refractivity contribution in [3.05, 3.63) is 57.0 Å². The molecule has 1 heterocycles. The van der Waals surface area contributed by atoms with Crippen molar-refractivity contribution in [3.8, 4) is 0 Å². The molecule has 0 aliphatic rings. The monoisotopic (exact) mass is 342 g/mol. The van der Waals surface area contributed by atoms with Crippen LogP contribution in [0, 0.1) is 12.7 Å². The second-order valence-corrected chi connectivity index (χ2v) is 5.10. The highest BCUT2D eigenvalue weighted by atomic mass is 79.9. The van der Waals surface area contributed by atoms with Gasteiger partial charge in [0.05, 0.1) is 21.9 Å². The SMILES string of the molecule is Cc1cc(NC(=O)c2cccc(Br)c2F)cnc1Cl. The average Bonchev–Trinajstić information content (AvgIpc) is 2.37. The summed E-state index contributed by atoms with van der Waals surface area (Å²) in [6.07, 6.45) is 1.42. The highest BCUT2D eigenvalue weighted by Gasteiger charge is 2.14. The van der Waals surface area contributed by atoms with E-state index < -0.39 is 11.7 Å². The van der Waals surface area contributed by atoms with E-state index in [2.05, 4.69) is 26.2 Å². The molecule has 0 fully saturated rings. The van der Waals surface area contributed by atoms with Crippen LogP contribution in [0.15, 0.2) is 34.9 Å². The molecule has 2 rings (SSSR count). The van der Waals surface area contributed by atoms with E-state index in [-0.39, 0.29) is 10.0 Å². The van der Waals surface area contributed by atoms with Gasteiger partial charge in [-0.3, -0.25) is 4.79 Å². The second kappa shape index (κ2) is 5.67. The van der Waals surface area contributed by atoms with Crippen LogP contribution in [-0.4, -0.2) is 10.9 Å². The Morgan fingerprint density at radius 2 is 2.21 bits per heavy atom. The smallest absolute Gasteiger partial charge is 0.258 e. The molecule has 3 nitrogen and oxygen atoms in total. The molecule has 1 N–H and O–H groups in total. The molecule has 0 unspecified atom stereocenters. The fraction of sp³-hybridized carbons (Fsp3) is 0.0769. The summed E-state index contributed by atoms with van der Waals surface area (Å²) in [6, 6.07) is 6.20. The van der Waals surface area contributed by atoms with Gasteiger partial charge < -0.3 is 5.32 Å². The lowest BCUT2D eigenvalue weighted by atomic mass is 10.2. The van der Waals surface area contributed by atoms with Crippen LogP contribution in [0.5, 0.6) is 0 Å². The minimum atomic E-state index is -0.598. The van der Waals surface area contributed by atoms with Gasteiger partial charge in [-0.05, 0) is 46.6 Å². The van der Waals surface area contributed by atoms with Gasteiger partial charge >= 0.3 is 0 Å². The Morgan fingerprint density at radius 1 is 1.47 bits per heavy atom. The normalized spacial score (nSPS) is 10.3. The number of aryl methyl sites for hydroxylation is 1. The quantitative estimate of drug-likeness (QED) is 0.831. The lowest BCUT2D eigenvalue weighted by Crippen LogP contribution is -2.14. The molecule has 19 heavy (non-hydrogen) atoms. The summed E-state index contributed by atoms with van der Waals surface area (Å²) in [7, 11) is 0. The zero-order valence-electron chi connectivity index (χ0n) is 9.88. The minimum absolute atomic E-state index is 0.0398. The molecule has 0 aliphatic carbocycles. The number of rotatable bonds is 2. The average molecular weight is 344 g/mol. The summed E-state index contributed by atoms with van der Waals surface area (Å²) in [6.45, 7) is 1.77. The summed E-state index contributed by atoms with van der Waals surface area (Å²) < 4.78 is 14.0. The van der Waals surface area contributed by atoms with E-state index in [0.717, 1.165) is 5.56 Å². The largest absolute Gasteiger partial charge is 0.320 e. The van der Waals surface area contributed by atoms with Crippen LogP contribution in [0.3, 0.4) is 0 Å². The van der Waals surface area contributed by atoms with Crippen molar-refractivity contribution in [2.75, 3.05) is 5.32 Å². The van der Waals surface area contributed by atoms with Crippen molar-refractivity contribution in [2.24, 2.45) is 0 Å².